The summed E-state index contributed by atoms with van der Waals surface area (Å²) in [7, 11) is 3.82. The molecular formula is C33H58N2O9. The number of esters is 1. The lowest BCUT2D eigenvalue weighted by molar-refractivity contribution is -0.302. The van der Waals surface area contributed by atoms with Crippen molar-refractivity contribution in [3.05, 3.63) is 12.2 Å². The van der Waals surface area contributed by atoms with Crippen LogP contribution in [0.25, 0.3) is 0 Å². The first-order valence-corrected chi connectivity index (χ1v) is 16.1. The van der Waals surface area contributed by atoms with Crippen LogP contribution in [0.3, 0.4) is 0 Å². The van der Waals surface area contributed by atoms with Gasteiger partial charge in [-0.15, -0.1) is 0 Å². The van der Waals surface area contributed by atoms with E-state index in [9.17, 15) is 20.1 Å². The predicted octanol–water partition coefficient (Wildman–Crippen LogP) is 2.93. The van der Waals surface area contributed by atoms with Gasteiger partial charge in [-0.2, -0.15) is 0 Å². The second-order valence-corrected chi connectivity index (χ2v) is 14.3. The number of rotatable bonds is 4. The molecule has 254 valence electrons. The van der Waals surface area contributed by atoms with E-state index in [0.717, 1.165) is 0 Å². The molecule has 0 aromatic carbocycles. The van der Waals surface area contributed by atoms with Gasteiger partial charge in [0.05, 0.1) is 49.1 Å². The van der Waals surface area contributed by atoms with Crippen molar-refractivity contribution in [3.8, 4) is 0 Å². The maximum absolute atomic E-state index is 13.7. The summed E-state index contributed by atoms with van der Waals surface area (Å²) in [6.07, 6.45) is -4.78. The van der Waals surface area contributed by atoms with E-state index in [0.29, 0.717) is 18.4 Å². The zero-order valence-corrected chi connectivity index (χ0v) is 28.4. The van der Waals surface area contributed by atoms with Gasteiger partial charge in [0.25, 0.3) is 0 Å². The molecule has 3 saturated heterocycles. The number of aliphatic hydroxyl groups is 3. The van der Waals surface area contributed by atoms with E-state index >= 15 is 0 Å². The molecule has 3 rings (SSSR count). The SMILES string of the molecule is C=C1CO[C@H]2[C@H](C)[C@@H](O[C@@H]3O[C@H](C)C[C@H](N(C)C)[C@H]3O)[C@](C)(C[C@@H](C)C(=N)[C@H](C)[C@@H](O)[C@](C)(O)[C@@H](CC)OC(=O)[C@@H]2C)OC1. The zero-order valence-electron chi connectivity index (χ0n) is 28.4. The molecule has 0 radical (unpaired) electrons. The summed E-state index contributed by atoms with van der Waals surface area (Å²) in [5.41, 5.74) is -1.97. The van der Waals surface area contributed by atoms with Crippen LogP contribution in [0, 0.1) is 29.1 Å². The minimum atomic E-state index is -1.80. The first kappa shape index (κ1) is 37.0. The molecule has 3 fully saturated rings. The first-order valence-electron chi connectivity index (χ1n) is 16.1. The van der Waals surface area contributed by atoms with Crippen molar-refractivity contribution in [2.24, 2.45) is 23.7 Å². The Balaban J connectivity index is 2.17. The normalized spacial score (nSPS) is 47.0. The Hall–Kier alpha value is -1.44. The molecule has 0 aromatic heterocycles. The molecule has 3 aliphatic heterocycles. The molecule has 0 aliphatic carbocycles. The highest BCUT2D eigenvalue weighted by molar-refractivity contribution is 5.86. The van der Waals surface area contributed by atoms with Crippen molar-refractivity contribution in [2.75, 3.05) is 27.3 Å². The molecule has 11 nitrogen and oxygen atoms in total. The molecule has 0 saturated carbocycles. The van der Waals surface area contributed by atoms with Gasteiger partial charge in [-0.25, -0.2) is 0 Å². The van der Waals surface area contributed by atoms with E-state index in [1.165, 1.54) is 6.92 Å². The van der Waals surface area contributed by atoms with Crippen molar-refractivity contribution in [3.63, 3.8) is 0 Å². The van der Waals surface area contributed by atoms with Crippen molar-refractivity contribution < 1.29 is 43.8 Å². The molecule has 4 N–H and O–H groups in total. The van der Waals surface area contributed by atoms with Gasteiger partial charge in [0.2, 0.25) is 0 Å². The summed E-state index contributed by atoms with van der Waals surface area (Å²) in [5, 5.41) is 43.3. The van der Waals surface area contributed by atoms with Crippen LogP contribution in [0.2, 0.25) is 0 Å². The fourth-order valence-electron chi connectivity index (χ4n) is 7.36. The average Bonchev–Trinajstić information content (AvgIpc) is 2.99. The Kier molecular flexibility index (Phi) is 12.2. The first-order chi connectivity index (χ1) is 20.3. The molecule has 0 spiro atoms. The summed E-state index contributed by atoms with van der Waals surface area (Å²) >= 11 is 0. The number of nitrogens with one attached hydrogen (secondary N) is 1. The van der Waals surface area contributed by atoms with Crippen LogP contribution in [-0.2, 0) is 28.5 Å². The molecule has 44 heavy (non-hydrogen) atoms. The smallest absolute Gasteiger partial charge is 0.311 e. The lowest BCUT2D eigenvalue weighted by Gasteiger charge is -2.48. The maximum atomic E-state index is 13.7. The van der Waals surface area contributed by atoms with Crippen molar-refractivity contribution in [1.29, 1.82) is 5.41 Å². The van der Waals surface area contributed by atoms with E-state index < -0.39 is 77.7 Å². The lowest BCUT2D eigenvalue weighted by Crippen LogP contribution is -2.60. The fourth-order valence-corrected chi connectivity index (χ4v) is 7.36. The van der Waals surface area contributed by atoms with Gasteiger partial charge in [0.1, 0.15) is 17.8 Å². The number of nitrogens with zero attached hydrogens (tertiary/aromatic N) is 1. The summed E-state index contributed by atoms with van der Waals surface area (Å²) in [4.78, 5) is 15.7. The topological polar surface area (TPSA) is 151 Å². The Bertz CT molecular complexity index is 1020. The third-order valence-electron chi connectivity index (χ3n) is 10.2. The molecular weight excluding hydrogens is 568 g/mol. The summed E-state index contributed by atoms with van der Waals surface area (Å²) in [6.45, 7) is 18.8. The highest BCUT2D eigenvalue weighted by Crippen LogP contribution is 2.41. The lowest BCUT2D eigenvalue weighted by atomic mass is 9.73. The van der Waals surface area contributed by atoms with Gasteiger partial charge >= 0.3 is 5.97 Å². The van der Waals surface area contributed by atoms with Gasteiger partial charge in [-0.1, -0.05) is 34.3 Å². The molecule has 0 aromatic rings. The monoisotopic (exact) mass is 626 g/mol. The highest BCUT2D eigenvalue weighted by atomic mass is 16.7. The van der Waals surface area contributed by atoms with Crippen LogP contribution in [-0.4, -0.2) is 119 Å². The molecule has 3 heterocycles. The van der Waals surface area contributed by atoms with Crippen LogP contribution in [0.5, 0.6) is 0 Å². The van der Waals surface area contributed by atoms with Crippen LogP contribution < -0.4 is 0 Å². The highest BCUT2D eigenvalue weighted by Gasteiger charge is 2.52. The van der Waals surface area contributed by atoms with E-state index in [2.05, 4.69) is 6.58 Å². The number of carbonyl (C=O) groups is 1. The number of fused-ring (bicyclic) bond motifs is 3. The van der Waals surface area contributed by atoms with Gasteiger partial charge in [-0.05, 0) is 72.5 Å². The Morgan fingerprint density at radius 3 is 2.32 bits per heavy atom. The van der Waals surface area contributed by atoms with Crippen LogP contribution in [0.1, 0.15) is 74.7 Å². The summed E-state index contributed by atoms with van der Waals surface area (Å²) in [6, 6.07) is -0.200. The number of ether oxygens (including phenoxy) is 5. The van der Waals surface area contributed by atoms with E-state index in [1.807, 2.05) is 46.7 Å². The van der Waals surface area contributed by atoms with Gasteiger partial charge in [0, 0.05) is 23.6 Å². The molecule has 3 aliphatic rings. The Morgan fingerprint density at radius 1 is 1.09 bits per heavy atom. The van der Waals surface area contributed by atoms with Gasteiger partial charge in [-0.3, -0.25) is 4.79 Å². The molecule has 11 heteroatoms. The predicted molar refractivity (Wildman–Crippen MR) is 166 cm³/mol. The second-order valence-electron chi connectivity index (χ2n) is 14.3. The van der Waals surface area contributed by atoms with Gasteiger partial charge in [0.15, 0.2) is 6.29 Å². The fraction of sp³-hybridized carbons (Fsp3) is 0.879. The number of hydrogen-bond donors (Lipinski definition) is 4. The molecule has 0 unspecified atom stereocenters. The minimum absolute atomic E-state index is 0.147. The number of carbonyl (C=O) groups excluding carboxylic acids is 1. The molecule has 14 atom stereocenters. The number of hydrogen-bond acceptors (Lipinski definition) is 11. The number of likely N-dealkylation sites (N-methyl/N-ethyl adjacent to an activating group) is 1. The average molecular weight is 627 g/mol. The van der Waals surface area contributed by atoms with Crippen molar-refractivity contribution >= 4 is 11.7 Å². The van der Waals surface area contributed by atoms with Crippen LogP contribution in [0.15, 0.2) is 12.2 Å². The maximum Gasteiger partial charge on any atom is 0.311 e. The summed E-state index contributed by atoms with van der Waals surface area (Å²) in [5.74, 6) is -3.01. The minimum Gasteiger partial charge on any atom is -0.459 e. The van der Waals surface area contributed by atoms with Crippen LogP contribution >= 0.6 is 0 Å². The Labute approximate surface area is 263 Å². The van der Waals surface area contributed by atoms with Gasteiger partial charge < -0.3 is 49.3 Å². The third-order valence-corrected chi connectivity index (χ3v) is 10.2. The number of cyclic esters (lactones) is 1. The number of aliphatic hydroxyl groups excluding tert-OH is 2. The molecule has 2 bridgehead atoms. The second kappa shape index (κ2) is 14.5. The van der Waals surface area contributed by atoms with E-state index in [1.54, 1.807) is 20.8 Å². The van der Waals surface area contributed by atoms with E-state index in [-0.39, 0.29) is 37.5 Å². The summed E-state index contributed by atoms with van der Waals surface area (Å²) < 4.78 is 31.8. The zero-order chi connectivity index (χ0) is 33.3. The standard InChI is InChI=1S/C33H58N2O9/c1-12-24-33(9,39)28(37)20(5)25(34)18(3)14-32(8)29(44-31-26(36)23(35(10)11)13-19(4)42-31)21(6)27(22(7)30(38)43-24)40-15-17(2)16-41-32/h18-24,26-29,31,34,36-37,39H,2,12-16H2,1,3-11H3/t18-,19-,20+,21+,22-,23+,24-,26-,27+,28-,29-,31+,32+,33-/m1/s1. The Morgan fingerprint density at radius 2 is 1.73 bits per heavy atom. The molecule has 0 amide bonds. The quantitative estimate of drug-likeness (QED) is 0.271. The third kappa shape index (κ3) is 7.74. The largest absolute Gasteiger partial charge is 0.459 e. The van der Waals surface area contributed by atoms with E-state index in [4.69, 9.17) is 29.1 Å². The van der Waals surface area contributed by atoms with Crippen molar-refractivity contribution in [2.45, 2.75) is 135 Å². The van der Waals surface area contributed by atoms with Crippen LogP contribution in [0.4, 0.5) is 0 Å². The van der Waals surface area contributed by atoms with Crippen molar-refractivity contribution in [1.82, 2.24) is 4.90 Å².